The second-order valence-corrected chi connectivity index (χ2v) is 2.27. The van der Waals surface area contributed by atoms with E-state index in [-0.39, 0.29) is 24.7 Å². The largest absolute Gasteiger partial charge is 0.395 e. The molecular formula is C7H11ClN2O2. The van der Waals surface area contributed by atoms with Crippen LogP contribution in [0.25, 0.3) is 0 Å². The van der Waals surface area contributed by atoms with Crippen LogP contribution < -0.4 is 5.69 Å². The molecule has 0 unspecified atom stereocenters. The summed E-state index contributed by atoms with van der Waals surface area (Å²) in [5.74, 6) is 0. The van der Waals surface area contributed by atoms with Crippen LogP contribution in [-0.4, -0.2) is 21.3 Å². The lowest BCUT2D eigenvalue weighted by atomic mass is 10.4. The first-order valence-corrected chi connectivity index (χ1v) is 3.39. The van der Waals surface area contributed by atoms with E-state index in [1.807, 2.05) is 0 Å². The molecule has 0 fully saturated rings. The normalized spacial score (nSPS) is 9.17. The van der Waals surface area contributed by atoms with Crippen LogP contribution in [0.1, 0.15) is 5.69 Å². The maximum Gasteiger partial charge on any atom is 0.347 e. The van der Waals surface area contributed by atoms with Crippen LogP contribution in [0, 0.1) is 6.92 Å². The zero-order valence-electron chi connectivity index (χ0n) is 6.73. The van der Waals surface area contributed by atoms with Crippen LogP contribution in [-0.2, 0) is 6.54 Å². The fourth-order valence-electron chi connectivity index (χ4n) is 0.792. The Kier molecular flexibility index (Phi) is 4.54. The average Bonchev–Trinajstić information content (AvgIpc) is 1.95. The van der Waals surface area contributed by atoms with Gasteiger partial charge in [0.25, 0.3) is 0 Å². The SMILES string of the molecule is Cc1ccn(CCO)c(=O)n1.Cl. The quantitative estimate of drug-likeness (QED) is 0.713. The van der Waals surface area contributed by atoms with Gasteiger partial charge in [0, 0.05) is 11.9 Å². The van der Waals surface area contributed by atoms with Crippen molar-refractivity contribution in [2.45, 2.75) is 13.5 Å². The summed E-state index contributed by atoms with van der Waals surface area (Å²) in [5, 5.41) is 8.53. The Hall–Kier alpha value is -0.870. The lowest BCUT2D eigenvalue weighted by Gasteiger charge is -2.00. The highest BCUT2D eigenvalue weighted by atomic mass is 35.5. The lowest BCUT2D eigenvalue weighted by Crippen LogP contribution is -2.24. The molecule has 68 valence electrons. The number of hydrogen-bond donors (Lipinski definition) is 1. The molecule has 0 spiro atoms. The number of aromatic nitrogens is 2. The Balaban J connectivity index is 0.00000121. The molecule has 0 aliphatic heterocycles. The Labute approximate surface area is 76.3 Å². The summed E-state index contributed by atoms with van der Waals surface area (Å²) in [6, 6.07) is 1.73. The maximum absolute atomic E-state index is 11.0. The number of rotatable bonds is 2. The van der Waals surface area contributed by atoms with Gasteiger partial charge in [0.1, 0.15) is 0 Å². The fraction of sp³-hybridized carbons (Fsp3) is 0.429. The van der Waals surface area contributed by atoms with Crippen molar-refractivity contribution < 1.29 is 5.11 Å². The molecule has 1 aromatic heterocycles. The highest BCUT2D eigenvalue weighted by Crippen LogP contribution is 1.85. The lowest BCUT2D eigenvalue weighted by molar-refractivity contribution is 0.273. The van der Waals surface area contributed by atoms with Gasteiger partial charge in [-0.2, -0.15) is 4.98 Å². The van der Waals surface area contributed by atoms with E-state index in [0.717, 1.165) is 0 Å². The van der Waals surface area contributed by atoms with E-state index in [4.69, 9.17) is 5.11 Å². The number of halogens is 1. The van der Waals surface area contributed by atoms with Crippen LogP contribution in [0.2, 0.25) is 0 Å². The zero-order chi connectivity index (χ0) is 8.27. The Morgan fingerprint density at radius 1 is 1.67 bits per heavy atom. The topological polar surface area (TPSA) is 55.1 Å². The molecule has 1 heterocycles. The summed E-state index contributed by atoms with van der Waals surface area (Å²) in [5.41, 5.74) is 0.392. The Morgan fingerprint density at radius 3 is 2.83 bits per heavy atom. The van der Waals surface area contributed by atoms with E-state index >= 15 is 0 Å². The summed E-state index contributed by atoms with van der Waals surface area (Å²) in [4.78, 5) is 14.7. The van der Waals surface area contributed by atoms with E-state index in [9.17, 15) is 4.79 Å². The van der Waals surface area contributed by atoms with Crippen molar-refractivity contribution in [3.05, 3.63) is 28.4 Å². The van der Waals surface area contributed by atoms with Crippen LogP contribution in [0.15, 0.2) is 17.1 Å². The fourth-order valence-corrected chi connectivity index (χ4v) is 0.792. The molecule has 0 aromatic carbocycles. The van der Waals surface area contributed by atoms with Gasteiger partial charge in [-0.3, -0.25) is 4.57 Å². The predicted octanol–water partition coefficient (Wildman–Crippen LogP) is -0.0342. The molecule has 0 aliphatic carbocycles. The Morgan fingerprint density at radius 2 is 2.33 bits per heavy atom. The first-order valence-electron chi connectivity index (χ1n) is 3.39. The molecule has 5 heteroatoms. The number of aryl methyl sites for hydroxylation is 1. The van der Waals surface area contributed by atoms with Crippen molar-refractivity contribution in [2.24, 2.45) is 0 Å². The van der Waals surface area contributed by atoms with Gasteiger partial charge in [-0.05, 0) is 13.0 Å². The molecule has 0 aliphatic rings. The molecular weight excluding hydrogens is 180 g/mol. The second-order valence-electron chi connectivity index (χ2n) is 2.27. The summed E-state index contributed by atoms with van der Waals surface area (Å²) >= 11 is 0. The van der Waals surface area contributed by atoms with Gasteiger partial charge in [-0.15, -0.1) is 12.4 Å². The van der Waals surface area contributed by atoms with E-state index in [2.05, 4.69) is 4.98 Å². The molecule has 0 saturated carbocycles. The third kappa shape index (κ3) is 2.64. The van der Waals surface area contributed by atoms with Gasteiger partial charge in [-0.25, -0.2) is 4.79 Å². The molecule has 0 amide bonds. The van der Waals surface area contributed by atoms with Gasteiger partial charge >= 0.3 is 5.69 Å². The smallest absolute Gasteiger partial charge is 0.347 e. The van der Waals surface area contributed by atoms with Crippen LogP contribution in [0.4, 0.5) is 0 Å². The minimum atomic E-state index is -0.306. The standard InChI is InChI=1S/C7H10N2O2.ClH/c1-6-2-3-9(4-5-10)7(11)8-6;/h2-3,10H,4-5H2,1H3;1H. The van der Waals surface area contributed by atoms with E-state index in [0.29, 0.717) is 12.2 Å². The summed E-state index contributed by atoms with van der Waals surface area (Å²) in [6.45, 7) is 2.03. The minimum Gasteiger partial charge on any atom is -0.395 e. The molecule has 12 heavy (non-hydrogen) atoms. The van der Waals surface area contributed by atoms with Gasteiger partial charge in [0.15, 0.2) is 0 Å². The molecule has 0 bridgehead atoms. The van der Waals surface area contributed by atoms with Crippen molar-refractivity contribution in [2.75, 3.05) is 6.61 Å². The third-order valence-electron chi connectivity index (χ3n) is 1.35. The highest BCUT2D eigenvalue weighted by molar-refractivity contribution is 5.85. The molecule has 1 N–H and O–H groups in total. The molecule has 0 radical (unpaired) electrons. The summed E-state index contributed by atoms with van der Waals surface area (Å²) in [7, 11) is 0. The van der Waals surface area contributed by atoms with Crippen molar-refractivity contribution >= 4 is 12.4 Å². The van der Waals surface area contributed by atoms with Gasteiger partial charge in [0.05, 0.1) is 13.2 Å². The highest BCUT2D eigenvalue weighted by Gasteiger charge is 1.94. The molecule has 0 atom stereocenters. The first-order chi connectivity index (χ1) is 5.24. The summed E-state index contributed by atoms with van der Waals surface area (Å²) < 4.78 is 1.37. The number of hydrogen-bond acceptors (Lipinski definition) is 3. The number of nitrogens with zero attached hydrogens (tertiary/aromatic N) is 2. The molecule has 1 rings (SSSR count). The molecule has 1 aromatic rings. The number of aliphatic hydroxyl groups excluding tert-OH is 1. The van der Waals surface area contributed by atoms with Crippen LogP contribution in [0.3, 0.4) is 0 Å². The Bertz CT molecular complexity index is 298. The molecule has 0 saturated heterocycles. The van der Waals surface area contributed by atoms with Crippen molar-refractivity contribution in [1.82, 2.24) is 9.55 Å². The number of aliphatic hydroxyl groups is 1. The zero-order valence-corrected chi connectivity index (χ0v) is 7.54. The van der Waals surface area contributed by atoms with Crippen molar-refractivity contribution in [1.29, 1.82) is 0 Å². The van der Waals surface area contributed by atoms with Crippen LogP contribution >= 0.6 is 12.4 Å². The van der Waals surface area contributed by atoms with Gasteiger partial charge < -0.3 is 5.11 Å². The third-order valence-corrected chi connectivity index (χ3v) is 1.35. The summed E-state index contributed by atoms with van der Waals surface area (Å²) in [6.07, 6.45) is 1.63. The van der Waals surface area contributed by atoms with E-state index < -0.39 is 0 Å². The average molecular weight is 191 g/mol. The monoisotopic (exact) mass is 190 g/mol. The maximum atomic E-state index is 11.0. The van der Waals surface area contributed by atoms with Gasteiger partial charge in [-0.1, -0.05) is 0 Å². The predicted molar refractivity (Wildman–Crippen MR) is 47.6 cm³/mol. The van der Waals surface area contributed by atoms with E-state index in [1.54, 1.807) is 19.2 Å². The minimum absolute atomic E-state index is 0. The van der Waals surface area contributed by atoms with Crippen LogP contribution in [0.5, 0.6) is 0 Å². The van der Waals surface area contributed by atoms with Gasteiger partial charge in [0.2, 0.25) is 0 Å². The first kappa shape index (κ1) is 11.1. The van der Waals surface area contributed by atoms with Crippen molar-refractivity contribution in [3.63, 3.8) is 0 Å². The van der Waals surface area contributed by atoms with Crippen molar-refractivity contribution in [3.8, 4) is 0 Å². The second kappa shape index (κ2) is 4.90. The molecule has 4 nitrogen and oxygen atoms in total. The van der Waals surface area contributed by atoms with E-state index in [1.165, 1.54) is 4.57 Å².